The van der Waals surface area contributed by atoms with Gasteiger partial charge in [0.1, 0.15) is 0 Å². The zero-order valence-corrected chi connectivity index (χ0v) is 8.70. The molecule has 14 heavy (non-hydrogen) atoms. The first kappa shape index (κ1) is 13.2. The normalized spacial score (nSPS) is 12.4. The molecule has 0 fully saturated rings. The van der Waals surface area contributed by atoms with E-state index in [1.807, 2.05) is 13.3 Å². The second kappa shape index (κ2) is 8.81. The van der Waals surface area contributed by atoms with E-state index in [1.165, 1.54) is 0 Å². The SMILES string of the molecule is C[CH]CC([O])CCCCCOC(N)=O. The first-order chi connectivity index (χ1) is 6.66. The third-order valence-electron chi connectivity index (χ3n) is 1.91. The minimum absolute atomic E-state index is 0.360. The van der Waals surface area contributed by atoms with Gasteiger partial charge in [0, 0.05) is 0 Å². The van der Waals surface area contributed by atoms with Crippen molar-refractivity contribution in [3.63, 3.8) is 0 Å². The lowest BCUT2D eigenvalue weighted by Crippen LogP contribution is -2.13. The second-order valence-corrected chi connectivity index (χ2v) is 3.28. The van der Waals surface area contributed by atoms with E-state index in [2.05, 4.69) is 4.74 Å². The zero-order valence-electron chi connectivity index (χ0n) is 8.70. The average Bonchev–Trinajstić information content (AvgIpc) is 2.11. The van der Waals surface area contributed by atoms with Gasteiger partial charge in [-0.15, -0.1) is 0 Å². The zero-order chi connectivity index (χ0) is 10.8. The van der Waals surface area contributed by atoms with E-state index >= 15 is 0 Å². The van der Waals surface area contributed by atoms with Crippen LogP contribution in [0.4, 0.5) is 4.79 Å². The fourth-order valence-corrected chi connectivity index (χ4v) is 1.20. The quantitative estimate of drug-likeness (QED) is 0.610. The van der Waals surface area contributed by atoms with Crippen LogP contribution in [0, 0.1) is 6.42 Å². The summed E-state index contributed by atoms with van der Waals surface area (Å²) in [5.41, 5.74) is 4.78. The molecular formula is C10H19NO3. The Labute approximate surface area is 85.4 Å². The van der Waals surface area contributed by atoms with E-state index in [9.17, 15) is 9.90 Å². The number of primary amides is 1. The Balaban J connectivity index is 3.09. The third-order valence-corrected chi connectivity index (χ3v) is 1.91. The molecule has 0 aliphatic rings. The number of carbonyl (C=O) groups excluding carboxylic acids is 1. The maximum Gasteiger partial charge on any atom is 0.404 e. The van der Waals surface area contributed by atoms with Crippen LogP contribution in [0.15, 0.2) is 0 Å². The smallest absolute Gasteiger partial charge is 0.404 e. The van der Waals surface area contributed by atoms with Gasteiger partial charge in [-0.2, -0.15) is 0 Å². The first-order valence-electron chi connectivity index (χ1n) is 5.02. The lowest BCUT2D eigenvalue weighted by atomic mass is 10.1. The van der Waals surface area contributed by atoms with E-state index in [-0.39, 0.29) is 0 Å². The van der Waals surface area contributed by atoms with Crippen LogP contribution in [0.3, 0.4) is 0 Å². The fourth-order valence-electron chi connectivity index (χ4n) is 1.20. The molecule has 4 nitrogen and oxygen atoms in total. The molecule has 0 saturated carbocycles. The van der Waals surface area contributed by atoms with Gasteiger partial charge in [-0.3, -0.25) is 0 Å². The van der Waals surface area contributed by atoms with Crippen LogP contribution in [0.2, 0.25) is 0 Å². The summed E-state index contributed by atoms with van der Waals surface area (Å²) in [4.78, 5) is 10.2. The summed E-state index contributed by atoms with van der Waals surface area (Å²) in [5.74, 6) is 0. The molecule has 4 heteroatoms. The molecule has 82 valence electrons. The van der Waals surface area contributed by atoms with Gasteiger partial charge in [-0.25, -0.2) is 9.90 Å². The molecule has 0 heterocycles. The first-order valence-corrected chi connectivity index (χ1v) is 5.02. The molecule has 1 atom stereocenters. The predicted octanol–water partition coefficient (Wildman–Crippen LogP) is 2.06. The Hall–Kier alpha value is -0.770. The predicted molar refractivity (Wildman–Crippen MR) is 53.1 cm³/mol. The monoisotopic (exact) mass is 201 g/mol. The number of amides is 1. The Morgan fingerprint density at radius 3 is 2.71 bits per heavy atom. The number of carbonyl (C=O) groups is 1. The van der Waals surface area contributed by atoms with Gasteiger partial charge in [0.2, 0.25) is 0 Å². The van der Waals surface area contributed by atoms with E-state index in [1.54, 1.807) is 0 Å². The van der Waals surface area contributed by atoms with Crippen LogP contribution in [0.25, 0.3) is 0 Å². The van der Waals surface area contributed by atoms with Crippen molar-refractivity contribution in [2.24, 2.45) is 5.73 Å². The number of hydrogen-bond acceptors (Lipinski definition) is 2. The third kappa shape index (κ3) is 9.32. The molecule has 1 amide bonds. The highest BCUT2D eigenvalue weighted by Crippen LogP contribution is 2.08. The van der Waals surface area contributed by atoms with Crippen molar-refractivity contribution in [1.82, 2.24) is 0 Å². The van der Waals surface area contributed by atoms with Crippen molar-refractivity contribution < 1.29 is 14.6 Å². The Morgan fingerprint density at radius 1 is 1.43 bits per heavy atom. The van der Waals surface area contributed by atoms with Crippen LogP contribution >= 0.6 is 0 Å². The van der Waals surface area contributed by atoms with E-state index in [0.29, 0.717) is 19.4 Å². The minimum atomic E-state index is -0.729. The van der Waals surface area contributed by atoms with Crippen molar-refractivity contribution in [3.8, 4) is 0 Å². The van der Waals surface area contributed by atoms with Gasteiger partial charge in [0.15, 0.2) is 0 Å². The summed E-state index contributed by atoms with van der Waals surface area (Å²) in [5, 5.41) is 11.1. The van der Waals surface area contributed by atoms with Gasteiger partial charge >= 0.3 is 6.09 Å². The Kier molecular flexibility index (Phi) is 8.33. The standard InChI is InChI=1S/C10H19NO3/c1-2-6-9(12)7-4-3-5-8-14-10(11)13/h2,9H,3-8H2,1H3,(H2,11,13). The molecule has 0 aliphatic heterocycles. The summed E-state index contributed by atoms with van der Waals surface area (Å²) in [7, 11) is 0. The van der Waals surface area contributed by atoms with Gasteiger partial charge in [-0.1, -0.05) is 13.3 Å². The van der Waals surface area contributed by atoms with Gasteiger partial charge in [0.05, 0.1) is 12.7 Å². The number of hydrogen-bond donors (Lipinski definition) is 1. The van der Waals surface area contributed by atoms with Crippen molar-refractivity contribution in [3.05, 3.63) is 6.42 Å². The Bertz CT molecular complexity index is 150. The molecule has 0 saturated heterocycles. The van der Waals surface area contributed by atoms with Crippen LogP contribution < -0.4 is 5.73 Å². The average molecular weight is 201 g/mol. The molecular weight excluding hydrogens is 182 g/mol. The molecule has 2 radical (unpaired) electrons. The molecule has 0 spiro atoms. The maximum absolute atomic E-state index is 11.1. The van der Waals surface area contributed by atoms with E-state index in [4.69, 9.17) is 5.73 Å². The van der Waals surface area contributed by atoms with Crippen LogP contribution in [0.5, 0.6) is 0 Å². The second-order valence-electron chi connectivity index (χ2n) is 3.28. The van der Waals surface area contributed by atoms with Crippen molar-refractivity contribution in [2.45, 2.75) is 45.1 Å². The maximum atomic E-state index is 11.1. The van der Waals surface area contributed by atoms with Crippen LogP contribution in [-0.4, -0.2) is 18.8 Å². The molecule has 0 aromatic rings. The van der Waals surface area contributed by atoms with Crippen LogP contribution in [-0.2, 0) is 9.84 Å². The Morgan fingerprint density at radius 2 is 2.14 bits per heavy atom. The number of rotatable bonds is 8. The molecule has 0 aliphatic carbocycles. The summed E-state index contributed by atoms with van der Waals surface area (Å²) >= 11 is 0. The summed E-state index contributed by atoms with van der Waals surface area (Å²) < 4.78 is 4.55. The highest BCUT2D eigenvalue weighted by atomic mass is 16.5. The highest BCUT2D eigenvalue weighted by Gasteiger charge is 2.03. The van der Waals surface area contributed by atoms with E-state index in [0.717, 1.165) is 19.3 Å². The highest BCUT2D eigenvalue weighted by molar-refractivity contribution is 5.64. The molecule has 0 aromatic carbocycles. The number of nitrogens with two attached hydrogens (primary N) is 1. The summed E-state index contributed by atoms with van der Waals surface area (Å²) in [6.45, 7) is 2.25. The fraction of sp³-hybridized carbons (Fsp3) is 0.800. The lowest BCUT2D eigenvalue weighted by molar-refractivity contribution is 0.0776. The largest absolute Gasteiger partial charge is 0.450 e. The molecule has 0 rings (SSSR count). The van der Waals surface area contributed by atoms with Crippen LogP contribution in [0.1, 0.15) is 39.0 Å². The topological polar surface area (TPSA) is 72.2 Å². The van der Waals surface area contributed by atoms with Gasteiger partial charge in [-0.05, 0) is 32.1 Å². The van der Waals surface area contributed by atoms with Gasteiger partial charge < -0.3 is 10.5 Å². The molecule has 2 N–H and O–H groups in total. The lowest BCUT2D eigenvalue weighted by Gasteiger charge is -2.05. The van der Waals surface area contributed by atoms with Crippen molar-refractivity contribution in [2.75, 3.05) is 6.61 Å². The minimum Gasteiger partial charge on any atom is -0.450 e. The summed E-state index contributed by atoms with van der Waals surface area (Å²) in [6, 6.07) is 0. The summed E-state index contributed by atoms with van der Waals surface area (Å²) in [6.07, 6.45) is 4.61. The van der Waals surface area contributed by atoms with Crippen molar-refractivity contribution in [1.29, 1.82) is 0 Å². The van der Waals surface area contributed by atoms with Gasteiger partial charge in [0.25, 0.3) is 0 Å². The van der Waals surface area contributed by atoms with Crippen molar-refractivity contribution >= 4 is 6.09 Å². The molecule has 1 unspecified atom stereocenters. The molecule has 0 bridgehead atoms. The molecule has 0 aromatic heterocycles. The number of unbranched alkanes of at least 4 members (excludes halogenated alkanes) is 2. The van der Waals surface area contributed by atoms with E-state index < -0.39 is 12.2 Å². The number of ether oxygens (including phenoxy) is 1.